The van der Waals surface area contributed by atoms with E-state index in [9.17, 15) is 4.79 Å². The van der Waals surface area contributed by atoms with Crippen molar-refractivity contribution in [1.82, 2.24) is 15.5 Å². The summed E-state index contributed by atoms with van der Waals surface area (Å²) in [7, 11) is 0. The standard InChI is InChI=1S/C16H13N3O2/c20-16(10-5-6-11-8-17-19-13(11)7-10)18-14-9-21-15-4-2-1-3-12(14)15/h1-8,14H,9H2,(H,17,19)(H,18,20). The fraction of sp³-hybridized carbons (Fsp3) is 0.125. The molecule has 2 N–H and O–H groups in total. The fourth-order valence-electron chi connectivity index (χ4n) is 2.60. The van der Waals surface area contributed by atoms with Crippen molar-refractivity contribution < 1.29 is 9.53 Å². The number of ether oxygens (including phenoxy) is 1. The molecule has 0 bridgehead atoms. The van der Waals surface area contributed by atoms with E-state index < -0.39 is 0 Å². The lowest BCUT2D eigenvalue weighted by Gasteiger charge is -2.11. The maximum atomic E-state index is 12.4. The molecule has 1 atom stereocenters. The fourth-order valence-corrected chi connectivity index (χ4v) is 2.60. The maximum Gasteiger partial charge on any atom is 0.251 e. The van der Waals surface area contributed by atoms with Gasteiger partial charge in [-0.3, -0.25) is 9.89 Å². The minimum Gasteiger partial charge on any atom is -0.491 e. The van der Waals surface area contributed by atoms with Gasteiger partial charge in [0.2, 0.25) is 0 Å². The van der Waals surface area contributed by atoms with E-state index in [4.69, 9.17) is 4.74 Å². The molecule has 0 radical (unpaired) electrons. The third-order valence-corrected chi connectivity index (χ3v) is 3.71. The summed E-state index contributed by atoms with van der Waals surface area (Å²) in [6.07, 6.45) is 1.73. The number of carbonyl (C=O) groups excluding carboxylic acids is 1. The number of carbonyl (C=O) groups is 1. The predicted molar refractivity (Wildman–Crippen MR) is 78.2 cm³/mol. The Morgan fingerprint density at radius 3 is 3.14 bits per heavy atom. The number of aromatic amines is 1. The van der Waals surface area contributed by atoms with Gasteiger partial charge in [-0.1, -0.05) is 24.3 Å². The van der Waals surface area contributed by atoms with Gasteiger partial charge in [-0.25, -0.2) is 0 Å². The molecule has 0 saturated heterocycles. The zero-order valence-electron chi connectivity index (χ0n) is 11.2. The molecule has 1 amide bonds. The molecule has 1 aliphatic rings. The molecule has 1 aliphatic heterocycles. The van der Waals surface area contributed by atoms with E-state index in [2.05, 4.69) is 15.5 Å². The number of nitrogens with zero attached hydrogens (tertiary/aromatic N) is 1. The van der Waals surface area contributed by atoms with E-state index in [1.54, 1.807) is 18.3 Å². The van der Waals surface area contributed by atoms with Gasteiger partial charge in [-0.05, 0) is 18.2 Å². The molecule has 0 fully saturated rings. The summed E-state index contributed by atoms with van der Waals surface area (Å²) in [6, 6.07) is 13.1. The molecule has 0 spiro atoms. The van der Waals surface area contributed by atoms with Crippen LogP contribution < -0.4 is 10.1 Å². The molecule has 2 aromatic carbocycles. The Morgan fingerprint density at radius 2 is 2.19 bits per heavy atom. The molecule has 5 nitrogen and oxygen atoms in total. The minimum atomic E-state index is -0.114. The smallest absolute Gasteiger partial charge is 0.251 e. The molecule has 104 valence electrons. The lowest BCUT2D eigenvalue weighted by molar-refractivity contribution is 0.0930. The Labute approximate surface area is 120 Å². The molecule has 0 saturated carbocycles. The number of amides is 1. The number of nitrogens with one attached hydrogen (secondary N) is 2. The van der Waals surface area contributed by atoms with Gasteiger partial charge in [0, 0.05) is 16.5 Å². The summed E-state index contributed by atoms with van der Waals surface area (Å²) in [5.41, 5.74) is 2.48. The molecule has 3 aromatic rings. The number of aromatic nitrogens is 2. The van der Waals surface area contributed by atoms with E-state index in [-0.39, 0.29) is 11.9 Å². The van der Waals surface area contributed by atoms with Crippen LogP contribution in [0.25, 0.3) is 10.9 Å². The summed E-state index contributed by atoms with van der Waals surface area (Å²) in [4.78, 5) is 12.4. The summed E-state index contributed by atoms with van der Waals surface area (Å²) < 4.78 is 5.57. The van der Waals surface area contributed by atoms with Crippen LogP contribution in [-0.4, -0.2) is 22.7 Å². The lowest BCUT2D eigenvalue weighted by Crippen LogP contribution is -2.29. The van der Waals surface area contributed by atoms with Crippen molar-refractivity contribution in [3.8, 4) is 5.75 Å². The van der Waals surface area contributed by atoms with Crippen LogP contribution in [0.3, 0.4) is 0 Å². The molecule has 21 heavy (non-hydrogen) atoms. The summed E-state index contributed by atoms with van der Waals surface area (Å²) >= 11 is 0. The second-order valence-electron chi connectivity index (χ2n) is 5.05. The van der Waals surface area contributed by atoms with Gasteiger partial charge in [-0.2, -0.15) is 5.10 Å². The summed E-state index contributed by atoms with van der Waals surface area (Å²) in [6.45, 7) is 0.470. The van der Waals surface area contributed by atoms with Crippen molar-refractivity contribution in [3.05, 3.63) is 59.8 Å². The highest BCUT2D eigenvalue weighted by Crippen LogP contribution is 2.31. The van der Waals surface area contributed by atoms with E-state index in [0.717, 1.165) is 22.2 Å². The summed E-state index contributed by atoms with van der Waals surface area (Å²) in [5, 5.41) is 10.8. The van der Waals surface area contributed by atoms with Gasteiger partial charge < -0.3 is 10.1 Å². The van der Waals surface area contributed by atoms with Crippen molar-refractivity contribution in [2.75, 3.05) is 6.61 Å². The van der Waals surface area contributed by atoms with Gasteiger partial charge in [0.05, 0.1) is 17.8 Å². The zero-order valence-corrected chi connectivity index (χ0v) is 11.2. The van der Waals surface area contributed by atoms with Crippen LogP contribution in [0, 0.1) is 0 Å². The maximum absolute atomic E-state index is 12.4. The Hall–Kier alpha value is -2.82. The highest BCUT2D eigenvalue weighted by atomic mass is 16.5. The predicted octanol–water partition coefficient (Wildman–Crippen LogP) is 2.43. The van der Waals surface area contributed by atoms with Crippen molar-refractivity contribution >= 4 is 16.8 Å². The first kappa shape index (κ1) is 12.0. The SMILES string of the molecule is O=C(NC1COc2ccccc21)c1ccc2cn[nH]c2c1. The van der Waals surface area contributed by atoms with E-state index >= 15 is 0 Å². The average Bonchev–Trinajstić information content (AvgIpc) is 3.13. The molecule has 1 aromatic heterocycles. The van der Waals surface area contributed by atoms with Gasteiger partial charge >= 0.3 is 0 Å². The number of rotatable bonds is 2. The zero-order chi connectivity index (χ0) is 14.2. The van der Waals surface area contributed by atoms with Crippen LogP contribution in [0.2, 0.25) is 0 Å². The number of fused-ring (bicyclic) bond motifs is 2. The van der Waals surface area contributed by atoms with E-state index in [1.807, 2.05) is 30.3 Å². The second-order valence-corrected chi connectivity index (χ2v) is 5.05. The van der Waals surface area contributed by atoms with Crippen LogP contribution in [0.4, 0.5) is 0 Å². The van der Waals surface area contributed by atoms with E-state index in [0.29, 0.717) is 12.2 Å². The second kappa shape index (κ2) is 4.63. The molecular weight excluding hydrogens is 266 g/mol. The quantitative estimate of drug-likeness (QED) is 0.757. The van der Waals surface area contributed by atoms with Gasteiger partial charge in [-0.15, -0.1) is 0 Å². The van der Waals surface area contributed by atoms with Crippen LogP contribution in [0.15, 0.2) is 48.7 Å². The van der Waals surface area contributed by atoms with Crippen molar-refractivity contribution in [2.45, 2.75) is 6.04 Å². The third-order valence-electron chi connectivity index (χ3n) is 3.71. The highest BCUT2D eigenvalue weighted by molar-refractivity contribution is 5.98. The van der Waals surface area contributed by atoms with Gasteiger partial charge in [0.1, 0.15) is 12.4 Å². The third kappa shape index (κ3) is 2.03. The highest BCUT2D eigenvalue weighted by Gasteiger charge is 2.25. The average molecular weight is 279 g/mol. The Balaban J connectivity index is 1.58. The normalized spacial score (nSPS) is 16.5. The van der Waals surface area contributed by atoms with Crippen LogP contribution in [0.1, 0.15) is 22.0 Å². The molecule has 5 heteroatoms. The van der Waals surface area contributed by atoms with E-state index in [1.165, 1.54) is 0 Å². The Morgan fingerprint density at radius 1 is 1.29 bits per heavy atom. The Bertz CT molecular complexity index is 825. The lowest BCUT2D eigenvalue weighted by atomic mass is 10.1. The van der Waals surface area contributed by atoms with Gasteiger partial charge in [0.25, 0.3) is 5.91 Å². The number of hydrogen-bond donors (Lipinski definition) is 2. The molecule has 4 rings (SSSR count). The molecule has 1 unspecified atom stereocenters. The van der Waals surface area contributed by atoms with Crippen LogP contribution in [0.5, 0.6) is 5.75 Å². The number of para-hydroxylation sites is 1. The minimum absolute atomic E-state index is 0.105. The van der Waals surface area contributed by atoms with Crippen molar-refractivity contribution in [2.24, 2.45) is 0 Å². The molecule has 0 aliphatic carbocycles. The molecular formula is C16H13N3O2. The van der Waals surface area contributed by atoms with Crippen LogP contribution >= 0.6 is 0 Å². The Kier molecular flexibility index (Phi) is 2.64. The first-order valence-corrected chi connectivity index (χ1v) is 6.77. The molecule has 2 heterocycles. The topological polar surface area (TPSA) is 67.0 Å². The first-order valence-electron chi connectivity index (χ1n) is 6.77. The van der Waals surface area contributed by atoms with Crippen molar-refractivity contribution in [3.63, 3.8) is 0 Å². The number of hydrogen-bond acceptors (Lipinski definition) is 3. The largest absolute Gasteiger partial charge is 0.491 e. The monoisotopic (exact) mass is 279 g/mol. The van der Waals surface area contributed by atoms with Crippen LogP contribution in [-0.2, 0) is 0 Å². The summed E-state index contributed by atoms with van der Waals surface area (Å²) in [5.74, 6) is 0.726. The van der Waals surface area contributed by atoms with Gasteiger partial charge in [0.15, 0.2) is 0 Å². The van der Waals surface area contributed by atoms with Crippen molar-refractivity contribution in [1.29, 1.82) is 0 Å². The number of benzene rings is 2. The first-order chi connectivity index (χ1) is 10.3. The number of H-pyrrole nitrogens is 1.